The van der Waals surface area contributed by atoms with Crippen LogP contribution in [0.5, 0.6) is 5.75 Å². The van der Waals surface area contributed by atoms with E-state index in [0.29, 0.717) is 35.5 Å². The van der Waals surface area contributed by atoms with Crippen molar-refractivity contribution in [3.8, 4) is 5.75 Å². The number of hydrogen-bond donors (Lipinski definition) is 2. The van der Waals surface area contributed by atoms with Crippen molar-refractivity contribution in [2.75, 3.05) is 23.0 Å². The molecule has 11 heteroatoms. The lowest BCUT2D eigenvalue weighted by Crippen LogP contribution is -2.42. The molecule has 9 nitrogen and oxygen atoms in total. The van der Waals surface area contributed by atoms with Gasteiger partial charge in [-0.25, -0.2) is 0 Å². The Morgan fingerprint density at radius 1 is 0.865 bits per heavy atom. The van der Waals surface area contributed by atoms with Gasteiger partial charge in [-0.3, -0.25) is 14.4 Å². The third-order valence-electron chi connectivity index (χ3n) is 9.95. The van der Waals surface area contributed by atoms with E-state index >= 15 is 0 Å². The number of ether oxygens (including phenoxy) is 1. The molecule has 0 spiro atoms. The summed E-state index contributed by atoms with van der Waals surface area (Å²) in [4.78, 5) is 42.0. The van der Waals surface area contributed by atoms with Crippen LogP contribution in [0, 0.1) is 6.92 Å². The third-order valence-corrected chi connectivity index (χ3v) is 11.5. The molecule has 0 saturated heterocycles. The first-order valence-corrected chi connectivity index (χ1v) is 19.5. The Balaban J connectivity index is 1.45. The Hall–Kier alpha value is -3.89. The van der Waals surface area contributed by atoms with Crippen LogP contribution in [0.2, 0.25) is 5.02 Å². The van der Waals surface area contributed by atoms with E-state index in [1.165, 1.54) is 27.7 Å². The Morgan fingerprint density at radius 2 is 1.56 bits per heavy atom. The molecular formula is C41H54ClN5O4S. The summed E-state index contributed by atoms with van der Waals surface area (Å²) >= 11 is 7.96. The minimum absolute atomic E-state index is 0.0611. The molecule has 1 unspecified atom stereocenters. The van der Waals surface area contributed by atoms with Crippen molar-refractivity contribution < 1.29 is 19.1 Å². The van der Waals surface area contributed by atoms with Crippen LogP contribution in [0.1, 0.15) is 111 Å². The minimum Gasteiger partial charge on any atom is -0.493 e. The first-order chi connectivity index (χ1) is 24.4. The predicted octanol–water partition coefficient (Wildman–Crippen LogP) is 9.85. The van der Waals surface area contributed by atoms with Gasteiger partial charge in [0.05, 0.1) is 22.1 Å². The SMILES string of the molecule is CCSC(C)(C)C(=O)C(C(=O)Nc1cc(NC(=O)CCCOc2ccc(C(C)(C)CC)cc2C(C)(C)CC)ccc1Cl)n1nc2ccc(C)cc2n1. The van der Waals surface area contributed by atoms with E-state index in [1.54, 1.807) is 32.0 Å². The van der Waals surface area contributed by atoms with Gasteiger partial charge in [0, 0.05) is 17.7 Å². The number of carbonyl (C=O) groups excluding carboxylic acids is 3. The number of aryl methyl sites for hydroxylation is 1. The van der Waals surface area contributed by atoms with E-state index in [9.17, 15) is 14.4 Å². The molecule has 2 amide bonds. The van der Waals surface area contributed by atoms with Crippen molar-refractivity contribution in [1.29, 1.82) is 0 Å². The molecule has 0 bridgehead atoms. The Bertz CT molecular complexity index is 1920. The Labute approximate surface area is 318 Å². The van der Waals surface area contributed by atoms with Crippen LogP contribution in [0.15, 0.2) is 54.6 Å². The molecule has 1 atom stereocenters. The summed E-state index contributed by atoms with van der Waals surface area (Å²) in [6.45, 7) is 21.2. The first-order valence-electron chi connectivity index (χ1n) is 18.1. The summed E-state index contributed by atoms with van der Waals surface area (Å²) in [5.74, 6) is 0.354. The monoisotopic (exact) mass is 747 g/mol. The van der Waals surface area contributed by atoms with Crippen molar-refractivity contribution in [1.82, 2.24) is 15.0 Å². The number of hydrogen-bond acceptors (Lipinski definition) is 7. The highest BCUT2D eigenvalue weighted by Gasteiger charge is 2.41. The van der Waals surface area contributed by atoms with Crippen LogP contribution in [-0.2, 0) is 25.2 Å². The summed E-state index contributed by atoms with van der Waals surface area (Å²) in [7, 11) is 0. The molecule has 0 saturated carbocycles. The highest BCUT2D eigenvalue weighted by Crippen LogP contribution is 2.39. The van der Waals surface area contributed by atoms with Crippen LogP contribution < -0.4 is 15.4 Å². The Morgan fingerprint density at radius 3 is 2.23 bits per heavy atom. The highest BCUT2D eigenvalue weighted by molar-refractivity contribution is 8.01. The van der Waals surface area contributed by atoms with Crippen LogP contribution in [-0.4, -0.2) is 49.7 Å². The third kappa shape index (κ3) is 9.75. The zero-order chi connectivity index (χ0) is 38.4. The van der Waals surface area contributed by atoms with Gasteiger partial charge in [-0.05, 0) is 104 Å². The number of halogens is 1. The first kappa shape index (κ1) is 40.9. The lowest BCUT2D eigenvalue weighted by atomic mass is 9.76. The van der Waals surface area contributed by atoms with Crippen molar-refractivity contribution in [2.24, 2.45) is 0 Å². The number of fused-ring (bicyclic) bond motifs is 1. The number of anilines is 2. The van der Waals surface area contributed by atoms with Gasteiger partial charge in [-0.1, -0.05) is 78.3 Å². The van der Waals surface area contributed by atoms with Gasteiger partial charge in [0.2, 0.25) is 11.9 Å². The molecule has 4 rings (SSSR count). The van der Waals surface area contributed by atoms with Crippen LogP contribution in [0.3, 0.4) is 0 Å². The smallest absolute Gasteiger partial charge is 0.258 e. The topological polar surface area (TPSA) is 115 Å². The van der Waals surface area contributed by atoms with Gasteiger partial charge in [0.25, 0.3) is 5.91 Å². The summed E-state index contributed by atoms with van der Waals surface area (Å²) < 4.78 is 5.37. The van der Waals surface area contributed by atoms with Gasteiger partial charge >= 0.3 is 0 Å². The normalized spacial score (nSPS) is 12.8. The number of ketones is 1. The number of rotatable bonds is 17. The number of thioether (sulfide) groups is 1. The number of amides is 2. The van der Waals surface area contributed by atoms with Crippen molar-refractivity contribution in [2.45, 2.75) is 117 Å². The molecule has 1 heterocycles. The van der Waals surface area contributed by atoms with Crippen LogP contribution in [0.25, 0.3) is 11.0 Å². The van der Waals surface area contributed by atoms with E-state index in [4.69, 9.17) is 16.3 Å². The van der Waals surface area contributed by atoms with Gasteiger partial charge in [0.1, 0.15) is 16.8 Å². The lowest BCUT2D eigenvalue weighted by Gasteiger charge is -2.30. The summed E-state index contributed by atoms with van der Waals surface area (Å²) in [6, 6.07) is 15.5. The standard InChI is InChI=1S/C41H54ClN5O4S/c1-11-39(5,6)27-17-21-34(29(24-27)40(7,8)12-2)51-22-14-15-35(48)43-28-18-19-30(42)32(25-28)44-38(50)36(37(49)41(9,10)52-13-3)47-45-31-20-16-26(4)23-33(31)46-47/h16-21,23-25,36H,11-15,22H2,1-10H3,(H,43,48)(H,44,50). The second kappa shape index (κ2) is 16.8. The molecule has 0 radical (unpaired) electrons. The molecule has 0 aliphatic rings. The fraction of sp³-hybridized carbons (Fsp3) is 0.488. The Kier molecular flexibility index (Phi) is 13.2. The van der Waals surface area contributed by atoms with E-state index in [0.717, 1.165) is 24.2 Å². The molecule has 0 aliphatic heterocycles. The largest absolute Gasteiger partial charge is 0.493 e. The molecule has 52 heavy (non-hydrogen) atoms. The van der Waals surface area contributed by atoms with E-state index in [-0.39, 0.29) is 39.7 Å². The molecule has 2 N–H and O–H groups in total. The second-order valence-electron chi connectivity index (χ2n) is 15.1. The molecule has 1 aromatic heterocycles. The molecule has 4 aromatic rings. The minimum atomic E-state index is -1.35. The predicted molar refractivity (Wildman–Crippen MR) is 215 cm³/mol. The van der Waals surface area contributed by atoms with Crippen LogP contribution >= 0.6 is 23.4 Å². The van der Waals surface area contributed by atoms with E-state index in [1.807, 2.05) is 32.0 Å². The average Bonchev–Trinajstić information content (AvgIpc) is 3.50. The quantitative estimate of drug-likeness (QED) is 0.0816. The second-order valence-corrected chi connectivity index (χ2v) is 17.4. The number of Topliss-reactive ketones (excluding diaryl/α,β-unsaturated/α-hetero) is 1. The summed E-state index contributed by atoms with van der Waals surface area (Å²) in [5, 5.41) is 15.0. The molecular weight excluding hydrogens is 694 g/mol. The zero-order valence-corrected chi connectivity index (χ0v) is 33.8. The lowest BCUT2D eigenvalue weighted by molar-refractivity contribution is -0.132. The average molecular weight is 748 g/mol. The van der Waals surface area contributed by atoms with Gasteiger partial charge in [-0.15, -0.1) is 11.8 Å². The van der Waals surface area contributed by atoms with Crippen molar-refractivity contribution >= 4 is 63.4 Å². The molecule has 0 fully saturated rings. The molecule has 280 valence electrons. The fourth-order valence-electron chi connectivity index (χ4n) is 5.79. The number of nitrogens with zero attached hydrogens (tertiary/aromatic N) is 3. The van der Waals surface area contributed by atoms with E-state index in [2.05, 4.69) is 80.6 Å². The number of benzene rings is 3. The highest BCUT2D eigenvalue weighted by atomic mass is 35.5. The molecule has 0 aliphatic carbocycles. The summed E-state index contributed by atoms with van der Waals surface area (Å²) in [5.41, 5.74) is 5.32. The molecule has 3 aromatic carbocycles. The number of carbonyl (C=O) groups is 3. The van der Waals surface area contributed by atoms with Gasteiger partial charge < -0.3 is 15.4 Å². The van der Waals surface area contributed by atoms with Gasteiger partial charge in [-0.2, -0.15) is 15.0 Å². The van der Waals surface area contributed by atoms with Crippen LogP contribution in [0.4, 0.5) is 11.4 Å². The maximum Gasteiger partial charge on any atom is 0.258 e. The number of aromatic nitrogens is 3. The van der Waals surface area contributed by atoms with Crippen molar-refractivity contribution in [3.05, 3.63) is 76.3 Å². The maximum absolute atomic E-state index is 13.9. The maximum atomic E-state index is 13.9. The fourth-order valence-corrected chi connectivity index (χ4v) is 6.93. The number of nitrogens with one attached hydrogen (secondary N) is 2. The summed E-state index contributed by atoms with van der Waals surface area (Å²) in [6.07, 6.45) is 2.75. The van der Waals surface area contributed by atoms with Gasteiger partial charge in [0.15, 0.2) is 5.78 Å². The zero-order valence-electron chi connectivity index (χ0n) is 32.3. The van der Waals surface area contributed by atoms with Crippen molar-refractivity contribution in [3.63, 3.8) is 0 Å². The van der Waals surface area contributed by atoms with E-state index < -0.39 is 16.7 Å².